The Morgan fingerprint density at radius 3 is 2.67 bits per heavy atom. The zero-order chi connectivity index (χ0) is 12.8. The van der Waals surface area contributed by atoms with E-state index >= 15 is 0 Å². The summed E-state index contributed by atoms with van der Waals surface area (Å²) in [5.41, 5.74) is 6.64. The van der Waals surface area contributed by atoms with Crippen molar-refractivity contribution in [1.29, 1.82) is 0 Å². The summed E-state index contributed by atoms with van der Waals surface area (Å²) in [7, 11) is 0. The number of nitrogens with two attached hydrogens (primary N) is 1. The van der Waals surface area contributed by atoms with Gasteiger partial charge in [0.05, 0.1) is 6.61 Å². The minimum atomic E-state index is -0.689. The Balaban J connectivity index is 1.80. The SMILES string of the molecule is N[C@H](C(=O)OCC1CCOCC1)c1ccccc1. The van der Waals surface area contributed by atoms with E-state index in [-0.39, 0.29) is 5.97 Å². The molecule has 0 amide bonds. The number of carbonyl (C=O) groups excluding carboxylic acids is 1. The standard InChI is InChI=1S/C14H19NO3/c15-13(12-4-2-1-3-5-12)14(16)18-10-11-6-8-17-9-7-11/h1-5,11,13H,6-10,15H2/t13-/m0/s1. The first-order valence-corrected chi connectivity index (χ1v) is 6.32. The van der Waals surface area contributed by atoms with Gasteiger partial charge in [0, 0.05) is 13.2 Å². The van der Waals surface area contributed by atoms with Crippen LogP contribution in [0, 0.1) is 5.92 Å². The Bertz CT molecular complexity index is 374. The van der Waals surface area contributed by atoms with Crippen LogP contribution in [0.2, 0.25) is 0 Å². The van der Waals surface area contributed by atoms with E-state index in [2.05, 4.69) is 0 Å². The highest BCUT2D eigenvalue weighted by Crippen LogP contribution is 2.17. The number of esters is 1. The molecule has 0 saturated carbocycles. The number of hydrogen-bond acceptors (Lipinski definition) is 4. The molecule has 4 nitrogen and oxygen atoms in total. The molecule has 2 N–H and O–H groups in total. The zero-order valence-electron chi connectivity index (χ0n) is 10.4. The second-order valence-electron chi connectivity index (χ2n) is 4.57. The summed E-state index contributed by atoms with van der Waals surface area (Å²) in [4.78, 5) is 11.8. The predicted molar refractivity (Wildman–Crippen MR) is 67.9 cm³/mol. The minimum Gasteiger partial charge on any atom is -0.464 e. The largest absolute Gasteiger partial charge is 0.464 e. The highest BCUT2D eigenvalue weighted by atomic mass is 16.5. The summed E-state index contributed by atoms with van der Waals surface area (Å²) in [6.07, 6.45) is 1.90. The summed E-state index contributed by atoms with van der Waals surface area (Å²) < 4.78 is 10.5. The Morgan fingerprint density at radius 2 is 2.00 bits per heavy atom. The van der Waals surface area contributed by atoms with Gasteiger partial charge >= 0.3 is 5.97 Å². The van der Waals surface area contributed by atoms with Crippen LogP contribution in [0.5, 0.6) is 0 Å². The van der Waals surface area contributed by atoms with Crippen molar-refractivity contribution in [2.75, 3.05) is 19.8 Å². The van der Waals surface area contributed by atoms with Crippen LogP contribution < -0.4 is 5.73 Å². The van der Waals surface area contributed by atoms with Crippen LogP contribution in [0.1, 0.15) is 24.4 Å². The topological polar surface area (TPSA) is 61.6 Å². The number of hydrogen-bond donors (Lipinski definition) is 1. The second-order valence-corrected chi connectivity index (χ2v) is 4.57. The summed E-state index contributed by atoms with van der Waals surface area (Å²) in [6.45, 7) is 1.96. The lowest BCUT2D eigenvalue weighted by molar-refractivity contribution is -0.147. The number of ether oxygens (including phenoxy) is 2. The number of carbonyl (C=O) groups is 1. The van der Waals surface area contributed by atoms with Gasteiger partial charge in [-0.05, 0) is 24.3 Å². The fourth-order valence-corrected chi connectivity index (χ4v) is 2.00. The molecule has 1 aromatic rings. The van der Waals surface area contributed by atoms with E-state index in [1.54, 1.807) is 0 Å². The molecule has 0 spiro atoms. The molecule has 0 radical (unpaired) electrons. The molecule has 1 aliphatic rings. The van der Waals surface area contributed by atoms with Gasteiger partial charge < -0.3 is 15.2 Å². The van der Waals surface area contributed by atoms with Crippen molar-refractivity contribution in [3.63, 3.8) is 0 Å². The van der Waals surface area contributed by atoms with Crippen molar-refractivity contribution < 1.29 is 14.3 Å². The van der Waals surface area contributed by atoms with Crippen molar-refractivity contribution in [1.82, 2.24) is 0 Å². The van der Waals surface area contributed by atoms with Crippen LogP contribution in [0.4, 0.5) is 0 Å². The van der Waals surface area contributed by atoms with Crippen molar-refractivity contribution in [2.24, 2.45) is 11.7 Å². The fourth-order valence-electron chi connectivity index (χ4n) is 2.00. The maximum atomic E-state index is 11.8. The van der Waals surface area contributed by atoms with E-state index in [0.29, 0.717) is 12.5 Å². The Morgan fingerprint density at radius 1 is 1.33 bits per heavy atom. The van der Waals surface area contributed by atoms with Crippen LogP contribution in [0.25, 0.3) is 0 Å². The van der Waals surface area contributed by atoms with Gasteiger partial charge in [0.25, 0.3) is 0 Å². The maximum absolute atomic E-state index is 11.8. The molecule has 0 unspecified atom stereocenters. The molecule has 0 aliphatic carbocycles. The van der Waals surface area contributed by atoms with Crippen LogP contribution >= 0.6 is 0 Å². The van der Waals surface area contributed by atoms with Gasteiger partial charge in [-0.3, -0.25) is 0 Å². The molecule has 1 aliphatic heterocycles. The first-order chi connectivity index (χ1) is 8.77. The Kier molecular flexibility index (Phi) is 4.73. The molecule has 18 heavy (non-hydrogen) atoms. The lowest BCUT2D eigenvalue weighted by Gasteiger charge is -2.22. The molecule has 1 heterocycles. The van der Waals surface area contributed by atoms with Crippen molar-refractivity contribution >= 4 is 5.97 Å². The molecule has 1 fully saturated rings. The minimum absolute atomic E-state index is 0.354. The third kappa shape index (κ3) is 3.55. The summed E-state index contributed by atoms with van der Waals surface area (Å²) in [6, 6.07) is 8.60. The third-order valence-corrected chi connectivity index (χ3v) is 3.21. The molecule has 2 rings (SSSR count). The quantitative estimate of drug-likeness (QED) is 0.824. The van der Waals surface area contributed by atoms with Gasteiger partial charge in [-0.25, -0.2) is 4.79 Å². The fraction of sp³-hybridized carbons (Fsp3) is 0.500. The molecule has 98 valence electrons. The smallest absolute Gasteiger partial charge is 0.327 e. The van der Waals surface area contributed by atoms with E-state index < -0.39 is 6.04 Å². The first kappa shape index (κ1) is 13.1. The average Bonchev–Trinajstić information content (AvgIpc) is 2.46. The molecule has 0 aromatic heterocycles. The number of benzene rings is 1. The number of rotatable bonds is 4. The summed E-state index contributed by atoms with van der Waals surface area (Å²) in [5, 5.41) is 0. The molecule has 1 atom stereocenters. The van der Waals surface area contributed by atoms with E-state index in [1.165, 1.54) is 0 Å². The molecule has 1 aromatic carbocycles. The average molecular weight is 249 g/mol. The lowest BCUT2D eigenvalue weighted by atomic mass is 10.0. The molecule has 0 bridgehead atoms. The molecular formula is C14H19NO3. The van der Waals surface area contributed by atoms with Gasteiger partial charge in [-0.1, -0.05) is 30.3 Å². The van der Waals surface area contributed by atoms with Gasteiger partial charge in [-0.2, -0.15) is 0 Å². The second kappa shape index (κ2) is 6.52. The van der Waals surface area contributed by atoms with Crippen molar-refractivity contribution in [2.45, 2.75) is 18.9 Å². The lowest BCUT2D eigenvalue weighted by Crippen LogP contribution is -2.27. The van der Waals surface area contributed by atoms with Crippen molar-refractivity contribution in [3.05, 3.63) is 35.9 Å². The Hall–Kier alpha value is -1.39. The van der Waals surface area contributed by atoms with Crippen LogP contribution in [-0.4, -0.2) is 25.8 Å². The van der Waals surface area contributed by atoms with Gasteiger partial charge in [-0.15, -0.1) is 0 Å². The highest BCUT2D eigenvalue weighted by molar-refractivity contribution is 5.77. The normalized spacial score (nSPS) is 18.3. The van der Waals surface area contributed by atoms with E-state index in [9.17, 15) is 4.79 Å². The van der Waals surface area contributed by atoms with E-state index in [1.807, 2.05) is 30.3 Å². The third-order valence-electron chi connectivity index (χ3n) is 3.21. The van der Waals surface area contributed by atoms with Crippen molar-refractivity contribution in [3.8, 4) is 0 Å². The monoisotopic (exact) mass is 249 g/mol. The van der Waals surface area contributed by atoms with Crippen LogP contribution in [0.3, 0.4) is 0 Å². The molecular weight excluding hydrogens is 230 g/mol. The Labute approximate surface area is 107 Å². The summed E-state index contributed by atoms with van der Waals surface area (Å²) >= 11 is 0. The van der Waals surface area contributed by atoms with Gasteiger partial charge in [0.15, 0.2) is 0 Å². The van der Waals surface area contributed by atoms with Crippen LogP contribution in [0.15, 0.2) is 30.3 Å². The van der Waals surface area contributed by atoms with Crippen LogP contribution in [-0.2, 0) is 14.3 Å². The predicted octanol–water partition coefficient (Wildman–Crippen LogP) is 1.66. The van der Waals surface area contributed by atoms with E-state index in [0.717, 1.165) is 31.6 Å². The van der Waals surface area contributed by atoms with Gasteiger partial charge in [0.2, 0.25) is 0 Å². The summed E-state index contributed by atoms with van der Waals surface area (Å²) in [5.74, 6) is 0.0540. The zero-order valence-corrected chi connectivity index (χ0v) is 10.4. The molecule has 4 heteroatoms. The molecule has 1 saturated heterocycles. The first-order valence-electron chi connectivity index (χ1n) is 6.32. The maximum Gasteiger partial charge on any atom is 0.327 e. The highest BCUT2D eigenvalue weighted by Gasteiger charge is 2.20. The van der Waals surface area contributed by atoms with E-state index in [4.69, 9.17) is 15.2 Å². The van der Waals surface area contributed by atoms with Gasteiger partial charge in [0.1, 0.15) is 6.04 Å².